The lowest BCUT2D eigenvalue weighted by molar-refractivity contribution is 0.0930. The number of pyridine rings is 1. The molecule has 0 atom stereocenters. The maximum absolute atomic E-state index is 12.9. The van der Waals surface area contributed by atoms with Gasteiger partial charge in [0, 0.05) is 23.6 Å². The minimum atomic E-state index is 0.0325. The molecule has 2 aromatic heterocycles. The van der Waals surface area contributed by atoms with Gasteiger partial charge in [0.25, 0.3) is 5.91 Å². The van der Waals surface area contributed by atoms with Crippen LogP contribution in [0.2, 0.25) is 0 Å². The summed E-state index contributed by atoms with van der Waals surface area (Å²) in [5, 5.41) is 4.22. The summed E-state index contributed by atoms with van der Waals surface area (Å²) in [5.74, 6) is 1.69. The molecule has 0 bridgehead atoms. The number of methoxy groups -OCH3 is 1. The molecule has 0 radical (unpaired) electrons. The van der Waals surface area contributed by atoms with E-state index in [-0.39, 0.29) is 5.91 Å². The van der Waals surface area contributed by atoms with Crippen molar-refractivity contribution >= 4 is 28.7 Å². The number of rotatable bonds is 8. The quantitative estimate of drug-likeness (QED) is 0.268. The standard InChI is InChI=1S/C30H34N4O2S/c1-36-26-15-11-23(12-16-26)21-37-30-33-27-17-18-31-19-28(27)34(30)20-22-9-13-24(14-10-22)29(35)32-25-7-5-3-2-4-6-8-25/h9-19,25H,2-8,20-21H2,1H3,(H,32,35). The number of nitrogens with one attached hydrogen (secondary N) is 1. The van der Waals surface area contributed by atoms with E-state index in [9.17, 15) is 4.79 Å². The lowest BCUT2D eigenvalue weighted by Crippen LogP contribution is -2.35. The van der Waals surface area contributed by atoms with Crippen LogP contribution < -0.4 is 10.1 Å². The molecule has 5 rings (SSSR count). The average molecular weight is 515 g/mol. The summed E-state index contributed by atoms with van der Waals surface area (Å²) >= 11 is 1.71. The summed E-state index contributed by atoms with van der Waals surface area (Å²) in [4.78, 5) is 22.1. The van der Waals surface area contributed by atoms with Crippen LogP contribution in [0.4, 0.5) is 0 Å². The summed E-state index contributed by atoms with van der Waals surface area (Å²) < 4.78 is 7.48. The zero-order valence-corrected chi connectivity index (χ0v) is 22.2. The molecule has 0 unspecified atom stereocenters. The molecule has 1 amide bonds. The molecule has 0 saturated heterocycles. The molecule has 2 heterocycles. The first-order valence-corrected chi connectivity index (χ1v) is 14.1. The van der Waals surface area contributed by atoms with Crippen LogP contribution in [0, 0.1) is 0 Å². The predicted molar refractivity (Wildman–Crippen MR) is 149 cm³/mol. The van der Waals surface area contributed by atoms with Crippen molar-refractivity contribution in [2.24, 2.45) is 0 Å². The van der Waals surface area contributed by atoms with Crippen molar-refractivity contribution in [1.82, 2.24) is 19.9 Å². The third-order valence-electron chi connectivity index (χ3n) is 7.04. The molecule has 1 aliphatic rings. The molecule has 6 nitrogen and oxygen atoms in total. The van der Waals surface area contributed by atoms with E-state index in [0.29, 0.717) is 12.6 Å². The van der Waals surface area contributed by atoms with Crippen molar-refractivity contribution in [1.29, 1.82) is 0 Å². The minimum Gasteiger partial charge on any atom is -0.497 e. The zero-order valence-electron chi connectivity index (χ0n) is 21.4. The zero-order chi connectivity index (χ0) is 25.5. The van der Waals surface area contributed by atoms with Gasteiger partial charge in [-0.15, -0.1) is 0 Å². The van der Waals surface area contributed by atoms with Crippen molar-refractivity contribution in [3.63, 3.8) is 0 Å². The molecule has 37 heavy (non-hydrogen) atoms. The summed E-state index contributed by atoms with van der Waals surface area (Å²) in [6.45, 7) is 0.664. The highest BCUT2D eigenvalue weighted by Gasteiger charge is 2.16. The Kier molecular flexibility index (Phi) is 8.41. The highest BCUT2D eigenvalue weighted by atomic mass is 32.2. The van der Waals surface area contributed by atoms with E-state index in [0.717, 1.165) is 51.7 Å². The van der Waals surface area contributed by atoms with E-state index >= 15 is 0 Å². The van der Waals surface area contributed by atoms with E-state index in [4.69, 9.17) is 9.72 Å². The average Bonchev–Trinajstić information content (AvgIpc) is 3.26. The number of nitrogens with zero attached hydrogens (tertiary/aromatic N) is 3. The predicted octanol–water partition coefficient (Wildman–Crippen LogP) is 6.62. The molecule has 1 fully saturated rings. The van der Waals surface area contributed by atoms with E-state index in [1.54, 1.807) is 25.1 Å². The maximum atomic E-state index is 12.9. The fourth-order valence-corrected chi connectivity index (χ4v) is 5.86. The van der Waals surface area contributed by atoms with Gasteiger partial charge in [0.2, 0.25) is 0 Å². The van der Waals surface area contributed by atoms with Crippen molar-refractivity contribution in [2.45, 2.75) is 68.4 Å². The van der Waals surface area contributed by atoms with Gasteiger partial charge in [0.15, 0.2) is 5.16 Å². The fraction of sp³-hybridized carbons (Fsp3) is 0.367. The van der Waals surface area contributed by atoms with Crippen molar-refractivity contribution in [2.75, 3.05) is 7.11 Å². The van der Waals surface area contributed by atoms with Gasteiger partial charge in [0.05, 0.1) is 30.9 Å². The minimum absolute atomic E-state index is 0.0325. The smallest absolute Gasteiger partial charge is 0.251 e. The number of thioether (sulfide) groups is 1. The second kappa shape index (κ2) is 12.3. The van der Waals surface area contributed by atoms with Crippen LogP contribution in [0.1, 0.15) is 66.4 Å². The molecule has 1 saturated carbocycles. The summed E-state index contributed by atoms with van der Waals surface area (Å²) in [6.07, 6.45) is 12.1. The van der Waals surface area contributed by atoms with Gasteiger partial charge in [0.1, 0.15) is 5.75 Å². The lowest BCUT2D eigenvalue weighted by atomic mass is 9.96. The summed E-state index contributed by atoms with van der Waals surface area (Å²) in [5.41, 5.74) is 4.99. The van der Waals surface area contributed by atoms with Crippen LogP contribution in [0.15, 0.2) is 72.1 Å². The normalized spacial score (nSPS) is 14.7. The highest BCUT2D eigenvalue weighted by Crippen LogP contribution is 2.28. The van der Waals surface area contributed by atoms with Gasteiger partial charge >= 0.3 is 0 Å². The maximum Gasteiger partial charge on any atom is 0.251 e. The highest BCUT2D eigenvalue weighted by molar-refractivity contribution is 7.98. The van der Waals surface area contributed by atoms with Crippen LogP contribution in [0.5, 0.6) is 5.75 Å². The molecule has 1 N–H and O–H groups in total. The van der Waals surface area contributed by atoms with Gasteiger partial charge in [-0.3, -0.25) is 9.78 Å². The lowest BCUT2D eigenvalue weighted by Gasteiger charge is -2.21. The number of hydrogen-bond acceptors (Lipinski definition) is 5. The van der Waals surface area contributed by atoms with E-state index in [1.165, 1.54) is 37.7 Å². The first-order chi connectivity index (χ1) is 18.2. The summed E-state index contributed by atoms with van der Waals surface area (Å²) in [6, 6.07) is 18.4. The molecule has 2 aromatic carbocycles. The number of carbonyl (C=O) groups excluding carboxylic acids is 1. The number of aromatic nitrogens is 3. The number of imidazole rings is 1. The first kappa shape index (κ1) is 25.3. The Morgan fingerprint density at radius 2 is 1.68 bits per heavy atom. The largest absolute Gasteiger partial charge is 0.497 e. The number of ether oxygens (including phenoxy) is 1. The Morgan fingerprint density at radius 1 is 0.973 bits per heavy atom. The van der Waals surface area contributed by atoms with Gasteiger partial charge < -0.3 is 14.6 Å². The molecule has 192 valence electrons. The van der Waals surface area contributed by atoms with Gasteiger partial charge in [-0.1, -0.05) is 68.1 Å². The van der Waals surface area contributed by atoms with E-state index in [2.05, 4.69) is 27.0 Å². The SMILES string of the molecule is COc1ccc(CSc2nc3ccncc3n2Cc2ccc(C(=O)NC3CCCCCCC3)cc2)cc1. The Hall–Kier alpha value is -3.32. The van der Waals surface area contributed by atoms with Crippen LogP contribution >= 0.6 is 11.8 Å². The van der Waals surface area contributed by atoms with Gasteiger partial charge in [-0.25, -0.2) is 4.98 Å². The first-order valence-electron chi connectivity index (χ1n) is 13.2. The third-order valence-corrected chi connectivity index (χ3v) is 8.09. The number of fused-ring (bicyclic) bond motifs is 1. The van der Waals surface area contributed by atoms with Crippen LogP contribution in [0.25, 0.3) is 11.0 Å². The monoisotopic (exact) mass is 514 g/mol. The molecule has 4 aromatic rings. The summed E-state index contributed by atoms with van der Waals surface area (Å²) in [7, 11) is 1.68. The Bertz CT molecular complexity index is 1310. The number of carbonyl (C=O) groups is 1. The molecule has 1 aliphatic carbocycles. The van der Waals surface area contributed by atoms with E-state index < -0.39 is 0 Å². The second-order valence-corrected chi connectivity index (χ2v) is 10.6. The molecule has 0 aliphatic heterocycles. The number of amides is 1. The molecule has 0 spiro atoms. The third kappa shape index (κ3) is 6.52. The van der Waals surface area contributed by atoms with Crippen LogP contribution in [-0.2, 0) is 12.3 Å². The second-order valence-electron chi connectivity index (χ2n) is 9.69. The topological polar surface area (TPSA) is 69.0 Å². The van der Waals surface area contributed by atoms with Gasteiger partial charge in [-0.05, 0) is 54.3 Å². The molecule has 7 heteroatoms. The molecular formula is C30H34N4O2S. The van der Waals surface area contributed by atoms with Crippen molar-refractivity contribution < 1.29 is 9.53 Å². The Labute approximate surface area is 222 Å². The Morgan fingerprint density at radius 3 is 2.41 bits per heavy atom. The van der Waals surface area contributed by atoms with E-state index in [1.807, 2.05) is 48.7 Å². The van der Waals surface area contributed by atoms with Crippen molar-refractivity contribution in [3.8, 4) is 5.75 Å². The van der Waals surface area contributed by atoms with Crippen LogP contribution in [0.3, 0.4) is 0 Å². The molecular weight excluding hydrogens is 480 g/mol. The number of hydrogen-bond donors (Lipinski definition) is 1. The fourth-order valence-electron chi connectivity index (χ4n) is 4.89. The van der Waals surface area contributed by atoms with Crippen molar-refractivity contribution in [3.05, 3.63) is 83.7 Å². The Balaban J connectivity index is 1.28. The van der Waals surface area contributed by atoms with Gasteiger partial charge in [-0.2, -0.15) is 0 Å². The van der Waals surface area contributed by atoms with Crippen LogP contribution in [-0.4, -0.2) is 33.6 Å². The number of benzene rings is 2.